The second kappa shape index (κ2) is 7.23. The van der Waals surface area contributed by atoms with E-state index in [0.717, 1.165) is 21.3 Å². The Kier molecular flexibility index (Phi) is 4.64. The van der Waals surface area contributed by atoms with Crippen LogP contribution in [0.4, 0.5) is 11.5 Å². The Hall–Kier alpha value is -2.77. The van der Waals surface area contributed by atoms with Gasteiger partial charge in [-0.25, -0.2) is 4.98 Å². The topological polar surface area (TPSA) is 79.4 Å². The summed E-state index contributed by atoms with van der Waals surface area (Å²) in [6.07, 6.45) is 3.42. The van der Waals surface area contributed by atoms with Crippen molar-refractivity contribution >= 4 is 39.0 Å². The van der Waals surface area contributed by atoms with E-state index in [1.54, 1.807) is 24.5 Å². The second-order valence-corrected chi connectivity index (χ2v) is 6.81. The first-order chi connectivity index (χ1) is 12.7. The van der Waals surface area contributed by atoms with E-state index in [4.69, 9.17) is 11.6 Å². The van der Waals surface area contributed by atoms with Crippen molar-refractivity contribution in [2.75, 3.05) is 5.32 Å². The van der Waals surface area contributed by atoms with Gasteiger partial charge in [-0.3, -0.25) is 5.10 Å². The summed E-state index contributed by atoms with van der Waals surface area (Å²) >= 11 is 9.40. The molecule has 128 valence electrons. The molecule has 0 fully saturated rings. The van der Waals surface area contributed by atoms with Crippen LogP contribution in [0.1, 0.15) is 0 Å². The van der Waals surface area contributed by atoms with Gasteiger partial charge in [0.15, 0.2) is 11.6 Å². The Morgan fingerprint density at radius 3 is 2.35 bits per heavy atom. The first-order valence-electron chi connectivity index (χ1n) is 7.71. The van der Waals surface area contributed by atoms with Crippen LogP contribution in [-0.2, 0) is 0 Å². The lowest BCUT2D eigenvalue weighted by Gasteiger charge is -2.10. The van der Waals surface area contributed by atoms with Gasteiger partial charge in [0.1, 0.15) is 5.69 Å². The van der Waals surface area contributed by atoms with Crippen LogP contribution in [0, 0.1) is 0 Å². The minimum absolute atomic E-state index is 0.508. The quantitative estimate of drug-likeness (QED) is 0.474. The molecule has 4 rings (SSSR count). The van der Waals surface area contributed by atoms with Gasteiger partial charge in [0.2, 0.25) is 0 Å². The number of nitrogens with zero attached hydrogens (tertiary/aromatic N) is 4. The maximum Gasteiger partial charge on any atom is 0.183 e. The van der Waals surface area contributed by atoms with Gasteiger partial charge in [0.25, 0.3) is 0 Å². The molecule has 0 saturated heterocycles. The first-order valence-corrected chi connectivity index (χ1v) is 8.88. The number of hydrogen-bond donors (Lipinski definition) is 2. The highest BCUT2D eigenvalue weighted by Crippen LogP contribution is 2.29. The minimum atomic E-state index is 0.508. The highest BCUT2D eigenvalue weighted by atomic mass is 79.9. The van der Waals surface area contributed by atoms with Gasteiger partial charge >= 0.3 is 0 Å². The zero-order chi connectivity index (χ0) is 17.9. The lowest BCUT2D eigenvalue weighted by atomic mass is 10.1. The average molecular weight is 428 g/mol. The molecule has 8 heteroatoms. The fraction of sp³-hybridized carbons (Fsp3) is 0. The summed E-state index contributed by atoms with van der Waals surface area (Å²) in [5, 5.41) is 19.3. The number of nitrogens with one attached hydrogen (secondary N) is 2. The summed E-state index contributed by atoms with van der Waals surface area (Å²) in [6.45, 7) is 0. The molecule has 0 aliphatic carbocycles. The van der Waals surface area contributed by atoms with Crippen molar-refractivity contribution in [3.05, 3.63) is 70.4 Å². The van der Waals surface area contributed by atoms with Crippen molar-refractivity contribution in [1.29, 1.82) is 0 Å². The van der Waals surface area contributed by atoms with E-state index in [9.17, 15) is 0 Å². The van der Waals surface area contributed by atoms with Gasteiger partial charge in [-0.05, 0) is 36.4 Å². The summed E-state index contributed by atoms with van der Waals surface area (Å²) in [4.78, 5) is 4.67. The molecular weight excluding hydrogens is 416 g/mol. The summed E-state index contributed by atoms with van der Waals surface area (Å²) < 4.78 is 0.990. The van der Waals surface area contributed by atoms with E-state index in [1.165, 1.54) is 0 Å². The van der Waals surface area contributed by atoms with Crippen molar-refractivity contribution < 1.29 is 0 Å². The molecular formula is C18H12BrClN6. The third-order valence-corrected chi connectivity index (χ3v) is 4.45. The van der Waals surface area contributed by atoms with E-state index in [1.807, 2.05) is 36.4 Å². The van der Waals surface area contributed by atoms with E-state index < -0.39 is 0 Å². The Balaban J connectivity index is 1.80. The predicted molar refractivity (Wildman–Crippen MR) is 105 cm³/mol. The smallest absolute Gasteiger partial charge is 0.183 e. The number of halogens is 2. The summed E-state index contributed by atoms with van der Waals surface area (Å²) in [5.41, 5.74) is 3.17. The lowest BCUT2D eigenvalue weighted by molar-refractivity contribution is 0.991. The van der Waals surface area contributed by atoms with Crippen molar-refractivity contribution in [1.82, 2.24) is 25.4 Å². The van der Waals surface area contributed by atoms with Crippen LogP contribution < -0.4 is 5.32 Å². The fourth-order valence-corrected chi connectivity index (χ4v) is 2.78. The standard InChI is InChI=1S/C18H12BrClN6/c19-13-5-1-11(2-6-13)16-18(23-15-9-21-22-10-15)24-17(26-25-16)12-3-7-14(20)8-4-12/h1-10H,(H,21,22)(H,23,24,26). The highest BCUT2D eigenvalue weighted by molar-refractivity contribution is 9.10. The van der Waals surface area contributed by atoms with Crippen LogP contribution in [0.15, 0.2) is 65.4 Å². The Bertz CT molecular complexity index is 1020. The monoisotopic (exact) mass is 426 g/mol. The summed E-state index contributed by atoms with van der Waals surface area (Å²) in [6, 6.07) is 15.1. The molecule has 0 saturated carbocycles. The van der Waals surface area contributed by atoms with Gasteiger partial charge in [-0.1, -0.05) is 39.7 Å². The molecule has 2 heterocycles. The van der Waals surface area contributed by atoms with Crippen LogP contribution in [0.3, 0.4) is 0 Å². The van der Waals surface area contributed by atoms with Gasteiger partial charge < -0.3 is 5.32 Å². The Morgan fingerprint density at radius 1 is 0.923 bits per heavy atom. The molecule has 0 unspecified atom stereocenters. The second-order valence-electron chi connectivity index (χ2n) is 5.46. The van der Waals surface area contributed by atoms with E-state index in [-0.39, 0.29) is 0 Å². The van der Waals surface area contributed by atoms with E-state index >= 15 is 0 Å². The van der Waals surface area contributed by atoms with Gasteiger partial charge in [-0.2, -0.15) is 5.10 Å². The normalized spacial score (nSPS) is 10.7. The van der Waals surface area contributed by atoms with Crippen LogP contribution in [0.5, 0.6) is 0 Å². The molecule has 0 amide bonds. The van der Waals surface area contributed by atoms with Crippen LogP contribution in [0.2, 0.25) is 5.02 Å². The maximum absolute atomic E-state index is 5.96. The number of hydrogen-bond acceptors (Lipinski definition) is 5. The summed E-state index contributed by atoms with van der Waals surface area (Å²) in [5.74, 6) is 1.10. The molecule has 0 spiro atoms. The predicted octanol–water partition coefficient (Wildman–Crippen LogP) is 5.09. The molecule has 0 radical (unpaired) electrons. The van der Waals surface area contributed by atoms with Crippen LogP contribution in [-0.4, -0.2) is 25.4 Å². The molecule has 4 aromatic rings. The maximum atomic E-state index is 5.96. The third-order valence-electron chi connectivity index (χ3n) is 3.67. The molecule has 6 nitrogen and oxygen atoms in total. The lowest BCUT2D eigenvalue weighted by Crippen LogP contribution is -2.03. The van der Waals surface area contributed by atoms with E-state index in [2.05, 4.69) is 46.6 Å². The molecule has 0 bridgehead atoms. The molecule has 2 N–H and O–H groups in total. The zero-order valence-corrected chi connectivity index (χ0v) is 15.7. The molecule has 2 aromatic carbocycles. The third kappa shape index (κ3) is 3.58. The Morgan fingerprint density at radius 2 is 1.65 bits per heavy atom. The SMILES string of the molecule is Clc1ccc(-c2nnc(-c3ccc(Br)cc3)c(Nc3cn[nH]c3)n2)cc1. The number of benzene rings is 2. The summed E-state index contributed by atoms with van der Waals surface area (Å²) in [7, 11) is 0. The van der Waals surface area contributed by atoms with Crippen molar-refractivity contribution in [3.8, 4) is 22.6 Å². The molecule has 0 aliphatic heterocycles. The molecule has 0 aliphatic rings. The zero-order valence-electron chi connectivity index (χ0n) is 13.3. The van der Waals surface area contributed by atoms with Gasteiger partial charge in [-0.15, -0.1) is 10.2 Å². The molecule has 2 aromatic heterocycles. The van der Waals surface area contributed by atoms with Gasteiger partial charge in [0.05, 0.1) is 11.9 Å². The van der Waals surface area contributed by atoms with Crippen molar-refractivity contribution in [2.45, 2.75) is 0 Å². The molecule has 0 atom stereocenters. The van der Waals surface area contributed by atoms with Crippen LogP contribution in [0.25, 0.3) is 22.6 Å². The molecule has 26 heavy (non-hydrogen) atoms. The van der Waals surface area contributed by atoms with Crippen molar-refractivity contribution in [3.63, 3.8) is 0 Å². The van der Waals surface area contributed by atoms with E-state index in [0.29, 0.717) is 22.4 Å². The average Bonchev–Trinajstić information content (AvgIpc) is 3.16. The van der Waals surface area contributed by atoms with Crippen LogP contribution >= 0.6 is 27.5 Å². The first kappa shape index (κ1) is 16.7. The fourth-order valence-electron chi connectivity index (χ4n) is 2.39. The number of H-pyrrole nitrogens is 1. The van der Waals surface area contributed by atoms with Crippen molar-refractivity contribution in [2.24, 2.45) is 0 Å². The number of rotatable bonds is 4. The Labute approximate surface area is 162 Å². The largest absolute Gasteiger partial charge is 0.336 e. The number of aromatic amines is 1. The van der Waals surface area contributed by atoms with Gasteiger partial charge in [0, 0.05) is 26.8 Å². The number of aromatic nitrogens is 5. The highest BCUT2D eigenvalue weighted by Gasteiger charge is 2.13. The number of anilines is 2. The minimum Gasteiger partial charge on any atom is -0.336 e.